The average molecular weight is 518 g/mol. The Hall–Kier alpha value is -2.44. The number of benzene rings is 2. The Morgan fingerprint density at radius 3 is 2.31 bits per heavy atom. The zero-order chi connectivity index (χ0) is 23.9. The number of amides is 2. The summed E-state index contributed by atoms with van der Waals surface area (Å²) in [6.07, 6.45) is -0.360. The molecule has 0 bridgehead atoms. The second-order valence-corrected chi connectivity index (χ2v) is 9.63. The maximum atomic E-state index is 12.7. The summed E-state index contributed by atoms with van der Waals surface area (Å²) < 4.78 is 27.6. The Balaban J connectivity index is 2.04. The summed E-state index contributed by atoms with van der Waals surface area (Å²) in [6.45, 7) is 1.81. The highest BCUT2D eigenvalue weighted by Crippen LogP contribution is 2.24. The van der Waals surface area contributed by atoms with Crippen LogP contribution < -0.4 is 26.6 Å². The van der Waals surface area contributed by atoms with E-state index in [1.165, 1.54) is 18.2 Å². The summed E-state index contributed by atoms with van der Waals surface area (Å²) in [4.78, 5) is 23.7. The molecule has 0 aliphatic rings. The quantitative estimate of drug-likeness (QED) is 0.267. The van der Waals surface area contributed by atoms with Crippen molar-refractivity contribution in [3.63, 3.8) is 0 Å². The predicted molar refractivity (Wildman–Crippen MR) is 128 cm³/mol. The van der Waals surface area contributed by atoms with Crippen molar-refractivity contribution >= 4 is 68.1 Å². The van der Waals surface area contributed by atoms with Gasteiger partial charge in [0.05, 0.1) is 14.9 Å². The molecule has 32 heavy (non-hydrogen) atoms. The largest absolute Gasteiger partial charge is 0.370 e. The smallest absolute Gasteiger partial charge is 0.256 e. The molecule has 9 nitrogen and oxygen atoms in total. The number of aryl methyl sites for hydroxylation is 1. The molecule has 2 amide bonds. The van der Waals surface area contributed by atoms with Crippen LogP contribution in [-0.4, -0.2) is 31.4 Å². The van der Waals surface area contributed by atoms with Gasteiger partial charge in [-0.3, -0.25) is 20.4 Å². The fourth-order valence-electron chi connectivity index (χ4n) is 2.44. The van der Waals surface area contributed by atoms with E-state index in [1.54, 1.807) is 24.3 Å². The first-order valence-corrected chi connectivity index (χ1v) is 11.8. The predicted octanol–water partition coefficient (Wildman–Crippen LogP) is 2.23. The first-order chi connectivity index (χ1) is 15.0. The van der Waals surface area contributed by atoms with Crippen molar-refractivity contribution in [2.75, 3.05) is 5.32 Å². The highest BCUT2D eigenvalue weighted by atomic mass is 35.5. The molecule has 172 valence electrons. The zero-order valence-electron chi connectivity index (χ0n) is 16.8. The van der Waals surface area contributed by atoms with Crippen LogP contribution in [0.1, 0.15) is 18.4 Å². The second kappa shape index (κ2) is 11.4. The number of hydrazine groups is 1. The summed E-state index contributed by atoms with van der Waals surface area (Å²) in [7, 11) is -4.03. The Morgan fingerprint density at radius 1 is 1.06 bits per heavy atom. The molecular formula is C19H21Cl2N5O4S2. The molecule has 2 aromatic carbocycles. The maximum absolute atomic E-state index is 12.7. The lowest BCUT2D eigenvalue weighted by molar-refractivity contribution is -0.123. The number of halogens is 2. The van der Waals surface area contributed by atoms with E-state index >= 15 is 0 Å². The minimum absolute atomic E-state index is 0.00628. The number of nitrogens with two attached hydrogens (primary N) is 1. The van der Waals surface area contributed by atoms with Crippen molar-refractivity contribution in [2.45, 2.75) is 30.7 Å². The van der Waals surface area contributed by atoms with Gasteiger partial charge in [-0.1, -0.05) is 40.9 Å². The molecule has 1 atom stereocenters. The van der Waals surface area contributed by atoms with E-state index < -0.39 is 27.9 Å². The van der Waals surface area contributed by atoms with E-state index in [-0.39, 0.29) is 22.8 Å². The zero-order valence-corrected chi connectivity index (χ0v) is 20.0. The first kappa shape index (κ1) is 25.8. The number of nitrogens with one attached hydrogen (secondary N) is 4. The van der Waals surface area contributed by atoms with E-state index in [0.29, 0.717) is 15.7 Å². The lowest BCUT2D eigenvalue weighted by Crippen LogP contribution is -2.53. The minimum atomic E-state index is -4.03. The van der Waals surface area contributed by atoms with E-state index in [0.717, 1.165) is 5.56 Å². The molecule has 0 aliphatic heterocycles. The van der Waals surface area contributed by atoms with Crippen molar-refractivity contribution in [1.82, 2.24) is 15.6 Å². The molecule has 0 radical (unpaired) electrons. The Labute approximate surface area is 201 Å². The SMILES string of the molecule is Cc1ccc(S(=O)(=O)N[C@H](CCC(N)=O)C(=O)NNC(=S)Nc2ccc(Cl)c(Cl)c2)cc1. The Bertz CT molecular complexity index is 1110. The summed E-state index contributed by atoms with van der Waals surface area (Å²) in [5, 5.41) is 3.46. The highest BCUT2D eigenvalue weighted by molar-refractivity contribution is 7.89. The van der Waals surface area contributed by atoms with E-state index in [4.69, 9.17) is 41.2 Å². The number of rotatable bonds is 8. The van der Waals surface area contributed by atoms with Crippen LogP contribution in [0.3, 0.4) is 0 Å². The van der Waals surface area contributed by atoms with Gasteiger partial charge in [0.25, 0.3) is 5.91 Å². The van der Waals surface area contributed by atoms with Gasteiger partial charge in [0, 0.05) is 12.1 Å². The molecule has 0 aromatic heterocycles. The van der Waals surface area contributed by atoms with Gasteiger partial charge in [0.1, 0.15) is 6.04 Å². The third kappa shape index (κ3) is 7.92. The van der Waals surface area contributed by atoms with Crippen LogP contribution in [0.5, 0.6) is 0 Å². The molecule has 0 fully saturated rings. The molecule has 6 N–H and O–H groups in total. The Kier molecular flexibility index (Phi) is 9.22. The lowest BCUT2D eigenvalue weighted by atomic mass is 10.1. The fourth-order valence-corrected chi connectivity index (χ4v) is 4.14. The molecule has 2 rings (SSSR count). The number of thiocarbonyl (C=S) groups is 1. The van der Waals surface area contributed by atoms with Crippen LogP contribution >= 0.6 is 35.4 Å². The Morgan fingerprint density at radius 2 is 1.72 bits per heavy atom. The summed E-state index contributed by atoms with van der Waals surface area (Å²) in [5.74, 6) is -1.44. The summed E-state index contributed by atoms with van der Waals surface area (Å²) in [6, 6.07) is 9.51. The van der Waals surface area contributed by atoms with Gasteiger partial charge in [0.15, 0.2) is 5.11 Å². The molecule has 0 heterocycles. The van der Waals surface area contributed by atoms with E-state index in [9.17, 15) is 18.0 Å². The highest BCUT2D eigenvalue weighted by Gasteiger charge is 2.26. The number of carbonyl (C=O) groups is 2. The third-order valence-electron chi connectivity index (χ3n) is 4.10. The second-order valence-electron chi connectivity index (χ2n) is 6.69. The molecular weight excluding hydrogens is 497 g/mol. The number of hydrogen-bond acceptors (Lipinski definition) is 5. The van der Waals surface area contributed by atoms with Crippen molar-refractivity contribution in [3.05, 3.63) is 58.1 Å². The maximum Gasteiger partial charge on any atom is 0.256 e. The van der Waals surface area contributed by atoms with Gasteiger partial charge in [-0.05, 0) is 55.9 Å². The molecule has 0 saturated heterocycles. The van der Waals surface area contributed by atoms with Crippen LogP contribution in [0, 0.1) is 6.92 Å². The summed E-state index contributed by atoms with van der Waals surface area (Å²) in [5.41, 5.74) is 11.3. The monoisotopic (exact) mass is 517 g/mol. The van der Waals surface area contributed by atoms with Gasteiger partial charge in [-0.2, -0.15) is 4.72 Å². The number of sulfonamides is 1. The van der Waals surface area contributed by atoms with Gasteiger partial charge in [-0.25, -0.2) is 8.42 Å². The van der Waals surface area contributed by atoms with Crippen molar-refractivity contribution in [3.8, 4) is 0 Å². The molecule has 2 aromatic rings. The normalized spacial score (nSPS) is 12.0. The van der Waals surface area contributed by atoms with Gasteiger partial charge >= 0.3 is 0 Å². The average Bonchev–Trinajstić information content (AvgIpc) is 2.72. The van der Waals surface area contributed by atoms with Gasteiger partial charge < -0.3 is 11.1 Å². The molecule has 0 saturated carbocycles. The number of primary amides is 1. The van der Waals surface area contributed by atoms with Crippen molar-refractivity contribution in [1.29, 1.82) is 0 Å². The van der Waals surface area contributed by atoms with Crippen LogP contribution in [0.4, 0.5) is 5.69 Å². The van der Waals surface area contributed by atoms with Crippen LogP contribution in [0.25, 0.3) is 0 Å². The lowest BCUT2D eigenvalue weighted by Gasteiger charge is -2.19. The number of anilines is 1. The minimum Gasteiger partial charge on any atom is -0.370 e. The fraction of sp³-hybridized carbons (Fsp3) is 0.211. The topological polar surface area (TPSA) is 142 Å². The number of carbonyl (C=O) groups excluding carboxylic acids is 2. The standard InChI is InChI=1S/C19H21Cl2N5O4S2/c1-11-2-5-13(6-3-11)32(29,30)26-16(8-9-17(22)27)18(28)24-25-19(31)23-12-4-7-14(20)15(21)10-12/h2-7,10,16,26H,8-9H2,1H3,(H2,22,27)(H,24,28)(H2,23,25,31)/t16-/m1/s1. The molecule has 0 aliphatic carbocycles. The van der Waals surface area contributed by atoms with Crippen LogP contribution in [0.2, 0.25) is 10.0 Å². The van der Waals surface area contributed by atoms with E-state index in [2.05, 4.69) is 20.9 Å². The van der Waals surface area contributed by atoms with Crippen molar-refractivity contribution < 1.29 is 18.0 Å². The summed E-state index contributed by atoms with van der Waals surface area (Å²) >= 11 is 16.9. The third-order valence-corrected chi connectivity index (χ3v) is 6.53. The molecule has 13 heteroatoms. The first-order valence-electron chi connectivity index (χ1n) is 9.17. The van der Waals surface area contributed by atoms with Crippen LogP contribution in [0.15, 0.2) is 47.4 Å². The molecule has 0 spiro atoms. The van der Waals surface area contributed by atoms with Gasteiger partial charge in [0.2, 0.25) is 15.9 Å². The van der Waals surface area contributed by atoms with Crippen molar-refractivity contribution in [2.24, 2.45) is 5.73 Å². The number of hydrogen-bond donors (Lipinski definition) is 5. The van der Waals surface area contributed by atoms with E-state index in [1.807, 2.05) is 6.92 Å². The molecule has 0 unspecified atom stereocenters. The van der Waals surface area contributed by atoms with Gasteiger partial charge in [-0.15, -0.1) is 0 Å². The van der Waals surface area contributed by atoms with Crippen LogP contribution in [-0.2, 0) is 19.6 Å².